The fourth-order valence-electron chi connectivity index (χ4n) is 5.11. The van der Waals surface area contributed by atoms with Crippen LogP contribution < -0.4 is 20.9 Å². The van der Waals surface area contributed by atoms with Crippen molar-refractivity contribution in [2.75, 3.05) is 29.2 Å². The van der Waals surface area contributed by atoms with Gasteiger partial charge in [0.05, 0.1) is 16.9 Å². The molecule has 4 rings (SSSR count). The van der Waals surface area contributed by atoms with Crippen LogP contribution in [0.25, 0.3) is 0 Å². The van der Waals surface area contributed by atoms with Gasteiger partial charge in [-0.1, -0.05) is 11.6 Å². The van der Waals surface area contributed by atoms with Crippen molar-refractivity contribution < 1.29 is 18.0 Å². The summed E-state index contributed by atoms with van der Waals surface area (Å²) in [5.41, 5.74) is 6.61. The van der Waals surface area contributed by atoms with E-state index in [4.69, 9.17) is 27.3 Å². The van der Waals surface area contributed by atoms with E-state index in [0.717, 1.165) is 48.2 Å². The number of benzene rings is 1. The summed E-state index contributed by atoms with van der Waals surface area (Å²) in [5.74, 6) is 1.50. The number of fused-ring (bicyclic) bond motifs is 1. The molecule has 0 bridgehead atoms. The second-order valence-corrected chi connectivity index (χ2v) is 9.85. The third kappa shape index (κ3) is 5.58. The Bertz CT molecular complexity index is 1090. The number of anilines is 3. The van der Waals surface area contributed by atoms with Crippen LogP contribution in [0.2, 0.25) is 5.02 Å². The molecular formula is C24H30ClF3N6O. The summed E-state index contributed by atoms with van der Waals surface area (Å²) in [5, 5.41) is 3.36. The van der Waals surface area contributed by atoms with Gasteiger partial charge in [0.1, 0.15) is 5.82 Å². The fraction of sp³-hybridized carbons (Fsp3) is 0.542. The number of nitrogens with one attached hydrogen (secondary N) is 1. The summed E-state index contributed by atoms with van der Waals surface area (Å²) in [6, 6.07) is 2.06. The van der Waals surface area contributed by atoms with Gasteiger partial charge >= 0.3 is 12.2 Å². The third-order valence-corrected chi connectivity index (χ3v) is 6.98. The molecule has 2 amide bonds. The number of hydrogen-bond donors (Lipinski definition) is 2. The predicted molar refractivity (Wildman–Crippen MR) is 131 cm³/mol. The Hall–Kier alpha value is -2.75. The van der Waals surface area contributed by atoms with E-state index in [0.29, 0.717) is 31.6 Å². The molecule has 0 unspecified atom stereocenters. The van der Waals surface area contributed by atoms with Gasteiger partial charge in [-0.25, -0.2) is 9.78 Å². The van der Waals surface area contributed by atoms with E-state index in [-0.39, 0.29) is 16.8 Å². The first-order valence-corrected chi connectivity index (χ1v) is 12.2. The summed E-state index contributed by atoms with van der Waals surface area (Å²) in [4.78, 5) is 24.8. The second-order valence-electron chi connectivity index (χ2n) is 9.41. The lowest BCUT2D eigenvalue weighted by molar-refractivity contribution is -0.137. The molecule has 0 atom stereocenters. The molecule has 1 fully saturated rings. The number of halogens is 4. The number of nitrogens with zero attached hydrogens (tertiary/aromatic N) is 4. The number of hydrogen-bond acceptors (Lipinski definition) is 5. The minimum Gasteiger partial charge on any atom is -0.362 e. The number of aryl methyl sites for hydroxylation is 1. The molecule has 0 aliphatic heterocycles. The molecule has 1 heterocycles. The number of urea groups is 1. The van der Waals surface area contributed by atoms with Gasteiger partial charge in [-0.3, -0.25) is 4.90 Å². The van der Waals surface area contributed by atoms with Gasteiger partial charge in [-0.2, -0.15) is 18.2 Å². The number of alkyl halides is 3. The lowest BCUT2D eigenvalue weighted by Crippen LogP contribution is -2.47. The lowest BCUT2D eigenvalue weighted by Gasteiger charge is -2.37. The van der Waals surface area contributed by atoms with Crippen LogP contribution in [0.5, 0.6) is 0 Å². The number of nitrogens with two attached hydrogens (primary N) is 1. The Morgan fingerprint density at radius 2 is 1.80 bits per heavy atom. The number of rotatable bonds is 5. The van der Waals surface area contributed by atoms with Crippen molar-refractivity contribution in [1.29, 1.82) is 0 Å². The van der Waals surface area contributed by atoms with Gasteiger partial charge in [0.2, 0.25) is 5.95 Å². The number of aromatic nitrogens is 2. The minimum atomic E-state index is -4.67. The third-order valence-electron chi connectivity index (χ3n) is 6.74. The standard InChI is InChI=1S/C24H30ClF3N6O/c1-33(2)21-17-5-3-4-6-19(17)31-23(32-21)30-15-8-10-16(11-9-15)34(22(29)35)20-12-7-14(25)13-18(20)24(26,27)28/h7,12-13,15-16H,3-6,8-11H2,1-2H3,(H2,29,35)(H,30,31,32)/t15-,16+. The summed E-state index contributed by atoms with van der Waals surface area (Å²) in [7, 11) is 3.94. The quantitative estimate of drug-likeness (QED) is 0.562. The summed E-state index contributed by atoms with van der Waals surface area (Å²) >= 11 is 5.81. The molecule has 2 aliphatic rings. The summed E-state index contributed by atoms with van der Waals surface area (Å²) in [6.45, 7) is 0. The van der Waals surface area contributed by atoms with Crippen molar-refractivity contribution in [3.63, 3.8) is 0 Å². The zero-order valence-electron chi connectivity index (χ0n) is 19.8. The Morgan fingerprint density at radius 3 is 2.43 bits per heavy atom. The average Bonchev–Trinajstić information content (AvgIpc) is 2.80. The molecule has 0 saturated heterocycles. The van der Waals surface area contributed by atoms with Gasteiger partial charge < -0.3 is 16.0 Å². The van der Waals surface area contributed by atoms with Gasteiger partial charge in [-0.05, 0) is 69.6 Å². The Kier molecular flexibility index (Phi) is 7.30. The molecule has 7 nitrogen and oxygen atoms in total. The molecule has 1 saturated carbocycles. The van der Waals surface area contributed by atoms with E-state index in [2.05, 4.69) is 5.32 Å². The van der Waals surface area contributed by atoms with Gasteiger partial charge in [0, 0.05) is 36.8 Å². The van der Waals surface area contributed by atoms with Gasteiger partial charge in [-0.15, -0.1) is 0 Å². The fourth-order valence-corrected chi connectivity index (χ4v) is 5.28. The number of amides is 2. The maximum absolute atomic E-state index is 13.7. The topological polar surface area (TPSA) is 87.4 Å². The van der Waals surface area contributed by atoms with E-state index in [1.165, 1.54) is 17.7 Å². The van der Waals surface area contributed by atoms with Crippen LogP contribution in [0.3, 0.4) is 0 Å². The van der Waals surface area contributed by atoms with Gasteiger partial charge in [0.15, 0.2) is 0 Å². The smallest absolute Gasteiger partial charge is 0.362 e. The molecule has 1 aromatic heterocycles. The normalized spacial score (nSPS) is 20.2. The monoisotopic (exact) mass is 510 g/mol. The molecule has 2 aliphatic carbocycles. The van der Waals surface area contributed by atoms with Crippen molar-refractivity contribution in [1.82, 2.24) is 9.97 Å². The van der Waals surface area contributed by atoms with Crippen LogP contribution in [0.4, 0.5) is 35.4 Å². The second kappa shape index (κ2) is 10.1. The zero-order valence-corrected chi connectivity index (χ0v) is 20.6. The molecule has 0 radical (unpaired) electrons. The van der Waals surface area contributed by atoms with E-state index in [9.17, 15) is 18.0 Å². The van der Waals surface area contributed by atoms with Gasteiger partial charge in [0.25, 0.3) is 0 Å². The SMILES string of the molecule is CN(C)c1nc(N[C@H]2CC[C@@H](N(C(N)=O)c3ccc(Cl)cc3C(F)(F)F)CC2)nc2c1CCCC2. The van der Waals surface area contributed by atoms with Crippen LogP contribution in [-0.4, -0.2) is 42.2 Å². The van der Waals surface area contributed by atoms with E-state index in [1.54, 1.807) is 0 Å². The maximum atomic E-state index is 13.7. The summed E-state index contributed by atoms with van der Waals surface area (Å²) < 4.78 is 41.0. The van der Waals surface area contributed by atoms with E-state index < -0.39 is 23.8 Å². The van der Waals surface area contributed by atoms with Crippen LogP contribution in [0.1, 0.15) is 55.3 Å². The lowest BCUT2D eigenvalue weighted by atomic mass is 9.89. The van der Waals surface area contributed by atoms with Crippen molar-refractivity contribution in [3.05, 3.63) is 40.0 Å². The van der Waals surface area contributed by atoms with Crippen LogP contribution in [-0.2, 0) is 19.0 Å². The Labute approximate surface area is 207 Å². The Morgan fingerprint density at radius 1 is 1.11 bits per heavy atom. The molecular weight excluding hydrogens is 481 g/mol. The first kappa shape index (κ1) is 25.3. The van der Waals surface area contributed by atoms with Crippen LogP contribution >= 0.6 is 11.6 Å². The first-order chi connectivity index (χ1) is 16.5. The van der Waals surface area contributed by atoms with E-state index in [1.807, 2.05) is 19.0 Å². The molecule has 11 heteroatoms. The van der Waals surface area contributed by atoms with Crippen LogP contribution in [0, 0.1) is 0 Å². The molecule has 35 heavy (non-hydrogen) atoms. The molecule has 0 spiro atoms. The number of carbonyl (C=O) groups excluding carboxylic acids is 1. The zero-order chi connectivity index (χ0) is 25.3. The maximum Gasteiger partial charge on any atom is 0.418 e. The molecule has 1 aromatic carbocycles. The van der Waals surface area contributed by atoms with Crippen molar-refractivity contribution >= 4 is 35.1 Å². The number of primary amides is 1. The largest absolute Gasteiger partial charge is 0.418 e. The Balaban J connectivity index is 1.50. The van der Waals surface area contributed by atoms with Crippen molar-refractivity contribution in [2.24, 2.45) is 5.73 Å². The predicted octanol–water partition coefficient (Wildman–Crippen LogP) is 5.40. The highest BCUT2D eigenvalue weighted by molar-refractivity contribution is 6.30. The molecule has 3 N–H and O–H groups in total. The highest BCUT2D eigenvalue weighted by atomic mass is 35.5. The van der Waals surface area contributed by atoms with Crippen molar-refractivity contribution in [2.45, 2.75) is 69.6 Å². The molecule has 2 aromatic rings. The first-order valence-electron chi connectivity index (χ1n) is 11.8. The number of carbonyl (C=O) groups is 1. The highest BCUT2D eigenvalue weighted by Gasteiger charge is 2.39. The summed E-state index contributed by atoms with van der Waals surface area (Å²) in [6.07, 6.45) is 1.74. The van der Waals surface area contributed by atoms with Crippen molar-refractivity contribution in [3.8, 4) is 0 Å². The van der Waals surface area contributed by atoms with E-state index >= 15 is 0 Å². The van der Waals surface area contributed by atoms with Crippen LogP contribution in [0.15, 0.2) is 18.2 Å². The molecule has 190 valence electrons. The average molecular weight is 511 g/mol. The minimum absolute atomic E-state index is 0.0462. The highest BCUT2D eigenvalue weighted by Crippen LogP contribution is 2.40.